The van der Waals surface area contributed by atoms with Gasteiger partial charge >= 0.3 is 0 Å². The fraction of sp³-hybridized carbons (Fsp3) is 0.450. The van der Waals surface area contributed by atoms with Gasteiger partial charge in [-0.1, -0.05) is 27.2 Å². The smallest absolute Gasteiger partial charge is 0.252 e. The van der Waals surface area contributed by atoms with E-state index in [0.717, 1.165) is 24.1 Å². The molecule has 1 heterocycles. The number of fused-ring (bicyclic) bond motifs is 1. The van der Waals surface area contributed by atoms with Gasteiger partial charge in [-0.3, -0.25) is 14.4 Å². The first-order chi connectivity index (χ1) is 11.7. The van der Waals surface area contributed by atoms with Crippen molar-refractivity contribution in [3.05, 3.63) is 41.0 Å². The number of hydrogen-bond acceptors (Lipinski definition) is 3. The normalized spacial score (nSPS) is 22.0. The van der Waals surface area contributed by atoms with Gasteiger partial charge in [0.25, 0.3) is 5.91 Å². The van der Waals surface area contributed by atoms with Crippen molar-refractivity contribution in [2.75, 3.05) is 4.90 Å². The number of nitrogens with zero attached hydrogens (tertiary/aromatic N) is 1. The summed E-state index contributed by atoms with van der Waals surface area (Å²) >= 11 is 0. The second kappa shape index (κ2) is 6.14. The molecular weight excluding hydrogens is 316 g/mol. The van der Waals surface area contributed by atoms with Gasteiger partial charge < -0.3 is 10.6 Å². The lowest BCUT2D eigenvalue weighted by Gasteiger charge is -2.38. The molecule has 1 fully saturated rings. The average molecular weight is 340 g/mol. The predicted molar refractivity (Wildman–Crippen MR) is 96.3 cm³/mol. The third-order valence-corrected chi connectivity index (χ3v) is 5.05. The van der Waals surface area contributed by atoms with Crippen LogP contribution in [0.5, 0.6) is 0 Å². The van der Waals surface area contributed by atoms with Gasteiger partial charge in [0, 0.05) is 29.3 Å². The lowest BCUT2D eigenvalue weighted by Crippen LogP contribution is -2.43. The fourth-order valence-electron chi connectivity index (χ4n) is 3.95. The van der Waals surface area contributed by atoms with E-state index in [4.69, 9.17) is 5.73 Å². The minimum Gasteiger partial charge on any atom is -0.366 e. The third-order valence-electron chi connectivity index (χ3n) is 5.05. The van der Waals surface area contributed by atoms with Crippen LogP contribution >= 0.6 is 0 Å². The van der Waals surface area contributed by atoms with Crippen LogP contribution < -0.4 is 10.6 Å². The van der Waals surface area contributed by atoms with Gasteiger partial charge in [0.1, 0.15) is 0 Å². The average Bonchev–Trinajstić information content (AvgIpc) is 2.82. The van der Waals surface area contributed by atoms with Crippen molar-refractivity contribution in [2.24, 2.45) is 11.1 Å². The Labute approximate surface area is 147 Å². The molecule has 132 valence electrons. The zero-order valence-electron chi connectivity index (χ0n) is 15.0. The van der Waals surface area contributed by atoms with E-state index in [1.807, 2.05) is 13.0 Å². The van der Waals surface area contributed by atoms with E-state index >= 15 is 0 Å². The summed E-state index contributed by atoms with van der Waals surface area (Å²) in [7, 11) is 0. The second-order valence-electron chi connectivity index (χ2n) is 7.75. The molecule has 0 bridgehead atoms. The molecule has 1 aromatic rings. The summed E-state index contributed by atoms with van der Waals surface area (Å²) in [6.07, 6.45) is 4.28. The Bertz CT molecular complexity index is 792. The highest BCUT2D eigenvalue weighted by atomic mass is 16.2. The Morgan fingerprint density at radius 1 is 1.32 bits per heavy atom. The SMILES string of the molecule is CCCc1cc(N2C(=O)C=C3C(=O)CC(C)(C)CC32)ccc1C(N)=O. The number of ketones is 1. The Balaban J connectivity index is 2.01. The molecule has 0 spiro atoms. The lowest BCUT2D eigenvalue weighted by molar-refractivity contribution is -0.119. The van der Waals surface area contributed by atoms with Crippen molar-refractivity contribution in [2.45, 2.75) is 52.5 Å². The number of Topliss-reactive ketones (excluding diaryl/α,β-unsaturated/α-hetero) is 1. The van der Waals surface area contributed by atoms with E-state index in [-0.39, 0.29) is 23.1 Å². The third kappa shape index (κ3) is 3.11. The molecule has 1 aliphatic heterocycles. The zero-order chi connectivity index (χ0) is 18.4. The van der Waals surface area contributed by atoms with Crippen molar-refractivity contribution in [3.8, 4) is 0 Å². The maximum absolute atomic E-state index is 12.6. The van der Waals surface area contributed by atoms with Crippen molar-refractivity contribution < 1.29 is 14.4 Å². The molecule has 3 rings (SSSR count). The molecule has 1 aromatic carbocycles. The lowest BCUT2D eigenvalue weighted by atomic mass is 9.72. The number of aryl methyl sites for hydroxylation is 1. The van der Waals surface area contributed by atoms with Gasteiger partial charge in [0.05, 0.1) is 6.04 Å². The Kier molecular flexibility index (Phi) is 4.27. The molecule has 1 saturated carbocycles. The molecule has 1 aliphatic carbocycles. The number of amides is 2. The summed E-state index contributed by atoms with van der Waals surface area (Å²) in [5, 5.41) is 0. The largest absolute Gasteiger partial charge is 0.366 e. The first-order valence-electron chi connectivity index (χ1n) is 8.74. The molecule has 2 amide bonds. The molecule has 2 aliphatic rings. The highest BCUT2D eigenvalue weighted by molar-refractivity contribution is 6.15. The van der Waals surface area contributed by atoms with Gasteiger partial charge in [-0.15, -0.1) is 0 Å². The molecule has 1 unspecified atom stereocenters. The number of carbonyl (C=O) groups excluding carboxylic acids is 3. The van der Waals surface area contributed by atoms with Gasteiger partial charge in [-0.2, -0.15) is 0 Å². The molecule has 2 N–H and O–H groups in total. The van der Waals surface area contributed by atoms with Crippen LogP contribution in [-0.2, 0) is 16.0 Å². The van der Waals surface area contributed by atoms with Crippen LogP contribution in [0, 0.1) is 5.41 Å². The van der Waals surface area contributed by atoms with E-state index in [2.05, 4.69) is 13.8 Å². The molecule has 0 saturated heterocycles. The van der Waals surface area contributed by atoms with Crippen LogP contribution in [-0.4, -0.2) is 23.6 Å². The van der Waals surface area contributed by atoms with Gasteiger partial charge in [0.15, 0.2) is 5.78 Å². The maximum atomic E-state index is 12.6. The topological polar surface area (TPSA) is 80.5 Å². The van der Waals surface area contributed by atoms with Crippen LogP contribution in [0.1, 0.15) is 56.0 Å². The van der Waals surface area contributed by atoms with Gasteiger partial charge in [0.2, 0.25) is 5.91 Å². The summed E-state index contributed by atoms with van der Waals surface area (Å²) in [5.74, 6) is -0.574. The number of primary amides is 1. The first kappa shape index (κ1) is 17.4. The molecule has 25 heavy (non-hydrogen) atoms. The molecule has 5 heteroatoms. The van der Waals surface area contributed by atoms with Crippen molar-refractivity contribution in [1.29, 1.82) is 0 Å². The fourth-order valence-corrected chi connectivity index (χ4v) is 3.95. The van der Waals surface area contributed by atoms with E-state index in [0.29, 0.717) is 24.0 Å². The highest BCUT2D eigenvalue weighted by Crippen LogP contribution is 2.42. The standard InChI is InChI=1S/C20H24N2O3/c1-4-5-12-8-13(6-7-14(12)19(21)25)22-16-10-20(2,3)11-17(23)15(16)9-18(22)24/h6-9,16H,4-5,10-11H2,1-3H3,(H2,21,25). The van der Waals surface area contributed by atoms with E-state index in [9.17, 15) is 14.4 Å². The van der Waals surface area contributed by atoms with Crippen LogP contribution in [0.2, 0.25) is 0 Å². The summed E-state index contributed by atoms with van der Waals surface area (Å²) in [6.45, 7) is 6.14. The first-order valence-corrected chi connectivity index (χ1v) is 8.74. The quantitative estimate of drug-likeness (QED) is 0.915. The van der Waals surface area contributed by atoms with Crippen molar-refractivity contribution in [1.82, 2.24) is 0 Å². The van der Waals surface area contributed by atoms with Crippen LogP contribution in [0.3, 0.4) is 0 Å². The molecule has 0 radical (unpaired) electrons. The number of rotatable bonds is 4. The minimum absolute atomic E-state index is 0.0552. The van der Waals surface area contributed by atoms with Crippen LogP contribution in [0.25, 0.3) is 0 Å². The molecular formula is C20H24N2O3. The zero-order valence-corrected chi connectivity index (χ0v) is 15.0. The number of carbonyl (C=O) groups is 3. The number of anilines is 1. The highest BCUT2D eigenvalue weighted by Gasteiger charge is 2.45. The number of nitrogens with two attached hydrogens (primary N) is 1. The molecule has 5 nitrogen and oxygen atoms in total. The maximum Gasteiger partial charge on any atom is 0.252 e. The Morgan fingerprint density at radius 2 is 2.04 bits per heavy atom. The van der Waals surface area contributed by atoms with Crippen LogP contribution in [0.4, 0.5) is 5.69 Å². The summed E-state index contributed by atoms with van der Waals surface area (Å²) in [5.41, 5.74) is 7.99. The second-order valence-corrected chi connectivity index (χ2v) is 7.75. The monoisotopic (exact) mass is 340 g/mol. The summed E-state index contributed by atoms with van der Waals surface area (Å²) in [6, 6.07) is 5.08. The number of benzene rings is 1. The van der Waals surface area contributed by atoms with Gasteiger partial charge in [-0.25, -0.2) is 0 Å². The van der Waals surface area contributed by atoms with Crippen molar-refractivity contribution >= 4 is 23.3 Å². The minimum atomic E-state index is -0.462. The van der Waals surface area contributed by atoms with Crippen molar-refractivity contribution in [3.63, 3.8) is 0 Å². The predicted octanol–water partition coefficient (Wildman–Crippen LogP) is 2.77. The van der Waals surface area contributed by atoms with E-state index < -0.39 is 5.91 Å². The Morgan fingerprint density at radius 3 is 2.68 bits per heavy atom. The molecule has 1 atom stereocenters. The van der Waals surface area contributed by atoms with Crippen LogP contribution in [0.15, 0.2) is 29.8 Å². The Hall–Kier alpha value is -2.43. The van der Waals surface area contributed by atoms with E-state index in [1.165, 1.54) is 6.08 Å². The molecule has 0 aromatic heterocycles. The summed E-state index contributed by atoms with van der Waals surface area (Å²) in [4.78, 5) is 38.3. The van der Waals surface area contributed by atoms with Gasteiger partial charge in [-0.05, 0) is 42.0 Å². The number of hydrogen-bond donors (Lipinski definition) is 1. The summed E-state index contributed by atoms with van der Waals surface area (Å²) < 4.78 is 0. The van der Waals surface area contributed by atoms with E-state index in [1.54, 1.807) is 17.0 Å².